The summed E-state index contributed by atoms with van der Waals surface area (Å²) < 4.78 is 0. The van der Waals surface area contributed by atoms with Crippen LogP contribution in [-0.2, 0) is 9.59 Å². The molecule has 0 unspecified atom stereocenters. The molecule has 0 aromatic rings. The Bertz CT molecular complexity index is 187. The first-order valence-electron chi connectivity index (χ1n) is 3.30. The summed E-state index contributed by atoms with van der Waals surface area (Å²) in [6.45, 7) is 1.40. The molecule has 1 saturated heterocycles. The van der Waals surface area contributed by atoms with Gasteiger partial charge in [0.05, 0.1) is 6.42 Å². The Kier molecular flexibility index (Phi) is 2.09. The van der Waals surface area contributed by atoms with Crippen molar-refractivity contribution in [3.8, 4) is 0 Å². The molecule has 11 heavy (non-hydrogen) atoms. The lowest BCUT2D eigenvalue weighted by Crippen LogP contribution is -2.31. The zero-order valence-corrected chi connectivity index (χ0v) is 5.86. The fourth-order valence-electron chi connectivity index (χ4n) is 0.907. The van der Waals surface area contributed by atoms with Crippen molar-refractivity contribution in [3.63, 3.8) is 0 Å². The second-order valence-corrected chi connectivity index (χ2v) is 2.49. The van der Waals surface area contributed by atoms with Gasteiger partial charge in [0, 0.05) is 13.1 Å². The van der Waals surface area contributed by atoms with Crippen LogP contribution in [0.3, 0.4) is 0 Å². The number of carboxylic acids is 2. The third-order valence-corrected chi connectivity index (χ3v) is 1.58. The molecule has 0 aromatic heterocycles. The minimum atomic E-state index is -1.07. The fourth-order valence-corrected chi connectivity index (χ4v) is 0.907. The Labute approximate surface area is 63.2 Å². The Balaban J connectivity index is 2.45. The van der Waals surface area contributed by atoms with E-state index in [9.17, 15) is 9.59 Å². The van der Waals surface area contributed by atoms with E-state index in [0.717, 1.165) is 0 Å². The summed E-state index contributed by atoms with van der Waals surface area (Å²) in [6.07, 6.45) is -0.310. The van der Waals surface area contributed by atoms with Crippen molar-refractivity contribution in [2.75, 3.05) is 13.1 Å². The summed E-state index contributed by atoms with van der Waals surface area (Å²) >= 11 is 0. The van der Waals surface area contributed by atoms with Crippen molar-refractivity contribution in [2.45, 2.75) is 12.5 Å². The maximum atomic E-state index is 10.4. The van der Waals surface area contributed by atoms with Crippen LogP contribution in [0.2, 0.25) is 0 Å². The minimum absolute atomic E-state index is 0.310. The first kappa shape index (κ1) is 8.00. The second kappa shape index (κ2) is 2.87. The quantitative estimate of drug-likeness (QED) is 0.526. The smallest absolute Gasteiger partial charge is 0.321 e. The number of hydrogen-bond acceptors (Lipinski definition) is 3. The average molecular weight is 159 g/mol. The van der Waals surface area contributed by atoms with Crippen LogP contribution in [0, 0.1) is 0 Å². The van der Waals surface area contributed by atoms with Crippen LogP contribution in [-0.4, -0.2) is 46.2 Å². The molecule has 0 bridgehead atoms. The lowest BCUT2D eigenvalue weighted by molar-refractivity contribution is -0.147. The Hall–Kier alpha value is -1.10. The predicted molar refractivity (Wildman–Crippen MR) is 35.2 cm³/mol. The summed E-state index contributed by atoms with van der Waals surface area (Å²) in [7, 11) is 0. The van der Waals surface area contributed by atoms with E-state index in [0.29, 0.717) is 13.1 Å². The number of hydrogen-bond donors (Lipinski definition) is 2. The lowest BCUT2D eigenvalue weighted by atomic mass is 10.2. The van der Waals surface area contributed by atoms with Gasteiger partial charge in [-0.15, -0.1) is 0 Å². The van der Waals surface area contributed by atoms with Crippen LogP contribution in [0.4, 0.5) is 0 Å². The molecular weight excluding hydrogens is 150 g/mol. The van der Waals surface area contributed by atoms with Crippen molar-refractivity contribution in [3.05, 3.63) is 0 Å². The molecule has 1 heterocycles. The third-order valence-electron chi connectivity index (χ3n) is 1.58. The van der Waals surface area contributed by atoms with Gasteiger partial charge in [-0.1, -0.05) is 0 Å². The summed E-state index contributed by atoms with van der Waals surface area (Å²) in [4.78, 5) is 22.2. The van der Waals surface area contributed by atoms with E-state index in [1.54, 1.807) is 4.90 Å². The van der Waals surface area contributed by atoms with Gasteiger partial charge in [0.15, 0.2) is 0 Å². The molecule has 1 fully saturated rings. The highest BCUT2D eigenvalue weighted by molar-refractivity contribution is 5.80. The molecule has 1 aliphatic heterocycles. The van der Waals surface area contributed by atoms with Gasteiger partial charge in [-0.2, -0.15) is 0 Å². The maximum absolute atomic E-state index is 10.4. The number of aliphatic carboxylic acids is 2. The van der Waals surface area contributed by atoms with Gasteiger partial charge >= 0.3 is 11.9 Å². The van der Waals surface area contributed by atoms with Gasteiger partial charge in [0.2, 0.25) is 0 Å². The molecule has 0 saturated carbocycles. The average Bonchev–Trinajstić information content (AvgIpc) is 2.63. The van der Waals surface area contributed by atoms with Crippen LogP contribution in [0.5, 0.6) is 0 Å². The monoisotopic (exact) mass is 159 g/mol. The maximum Gasteiger partial charge on any atom is 0.321 e. The first-order valence-corrected chi connectivity index (χ1v) is 3.30. The number of carboxylic acid groups (broad SMARTS) is 2. The molecule has 5 heteroatoms. The third kappa shape index (κ3) is 2.19. The zero-order chi connectivity index (χ0) is 8.43. The predicted octanol–water partition coefficient (Wildman–Crippen LogP) is -0.770. The highest BCUT2D eigenvalue weighted by atomic mass is 16.4. The Morgan fingerprint density at radius 2 is 1.91 bits per heavy atom. The minimum Gasteiger partial charge on any atom is -0.481 e. The standard InChI is InChI=1S/C6H9NO4/c8-5(9)3-4(6(10)11)7-1-2-7/h4H,1-3H2,(H,8,9)(H,10,11)/t4-/m0/s1. The highest BCUT2D eigenvalue weighted by Gasteiger charge is 2.34. The topological polar surface area (TPSA) is 77.6 Å². The molecule has 5 nitrogen and oxygen atoms in total. The van der Waals surface area contributed by atoms with Gasteiger partial charge in [-0.25, -0.2) is 0 Å². The molecule has 0 aromatic carbocycles. The Morgan fingerprint density at radius 3 is 2.18 bits per heavy atom. The molecule has 0 radical (unpaired) electrons. The SMILES string of the molecule is O=C(O)C[C@@H](C(=O)O)N1CC1. The molecule has 62 valence electrons. The zero-order valence-electron chi connectivity index (χ0n) is 5.86. The van der Waals surface area contributed by atoms with E-state index in [-0.39, 0.29) is 6.42 Å². The van der Waals surface area contributed by atoms with Gasteiger partial charge in [-0.05, 0) is 0 Å². The summed E-state index contributed by atoms with van der Waals surface area (Å²) in [6, 6.07) is -0.826. The number of nitrogens with zero attached hydrogens (tertiary/aromatic N) is 1. The number of rotatable bonds is 4. The van der Waals surface area contributed by atoms with Crippen molar-refractivity contribution < 1.29 is 19.8 Å². The van der Waals surface area contributed by atoms with Crippen LogP contribution in [0.25, 0.3) is 0 Å². The highest BCUT2D eigenvalue weighted by Crippen LogP contribution is 2.13. The van der Waals surface area contributed by atoms with Crippen molar-refractivity contribution in [1.82, 2.24) is 4.90 Å². The molecule has 2 N–H and O–H groups in total. The molecule has 0 aliphatic carbocycles. The van der Waals surface area contributed by atoms with Crippen LogP contribution in [0.1, 0.15) is 6.42 Å². The van der Waals surface area contributed by atoms with Crippen molar-refractivity contribution in [1.29, 1.82) is 0 Å². The molecule has 0 amide bonds. The van der Waals surface area contributed by atoms with E-state index < -0.39 is 18.0 Å². The summed E-state index contributed by atoms with van der Waals surface area (Å²) in [5.74, 6) is -2.12. The van der Waals surface area contributed by atoms with Gasteiger partial charge in [0.25, 0.3) is 0 Å². The van der Waals surface area contributed by atoms with E-state index in [1.807, 2.05) is 0 Å². The molecular formula is C6H9NO4. The summed E-state index contributed by atoms with van der Waals surface area (Å²) in [5.41, 5.74) is 0. The summed E-state index contributed by atoms with van der Waals surface area (Å²) in [5, 5.41) is 16.8. The van der Waals surface area contributed by atoms with Crippen LogP contribution >= 0.6 is 0 Å². The number of carbonyl (C=O) groups is 2. The van der Waals surface area contributed by atoms with Crippen LogP contribution in [0.15, 0.2) is 0 Å². The largest absolute Gasteiger partial charge is 0.481 e. The molecule has 1 atom stereocenters. The normalized spacial score (nSPS) is 19.3. The van der Waals surface area contributed by atoms with E-state index in [2.05, 4.69) is 0 Å². The first-order chi connectivity index (χ1) is 5.11. The Morgan fingerprint density at radius 1 is 1.36 bits per heavy atom. The fraction of sp³-hybridized carbons (Fsp3) is 0.667. The second-order valence-electron chi connectivity index (χ2n) is 2.49. The molecule has 1 aliphatic rings. The van der Waals surface area contributed by atoms with Crippen molar-refractivity contribution in [2.24, 2.45) is 0 Å². The van der Waals surface area contributed by atoms with E-state index in [4.69, 9.17) is 10.2 Å². The van der Waals surface area contributed by atoms with Crippen LogP contribution < -0.4 is 0 Å². The molecule has 0 spiro atoms. The lowest BCUT2D eigenvalue weighted by Gasteiger charge is -2.08. The van der Waals surface area contributed by atoms with E-state index >= 15 is 0 Å². The van der Waals surface area contributed by atoms with Gasteiger partial charge < -0.3 is 10.2 Å². The van der Waals surface area contributed by atoms with Gasteiger partial charge in [-0.3, -0.25) is 14.5 Å². The van der Waals surface area contributed by atoms with Gasteiger partial charge in [0.1, 0.15) is 6.04 Å². The van der Waals surface area contributed by atoms with E-state index in [1.165, 1.54) is 0 Å². The van der Waals surface area contributed by atoms with Crippen molar-refractivity contribution >= 4 is 11.9 Å². The molecule has 1 rings (SSSR count).